The summed E-state index contributed by atoms with van der Waals surface area (Å²) in [5, 5.41) is 12.7. The summed E-state index contributed by atoms with van der Waals surface area (Å²) in [5.41, 5.74) is 4.12. The van der Waals surface area contributed by atoms with Crippen LogP contribution in [0.2, 0.25) is 0 Å². The van der Waals surface area contributed by atoms with E-state index < -0.39 is 9.84 Å². The summed E-state index contributed by atoms with van der Waals surface area (Å²) in [5.74, 6) is 0. The lowest BCUT2D eigenvalue weighted by molar-refractivity contribution is 0.602. The molecule has 0 radical (unpaired) electrons. The Kier molecular flexibility index (Phi) is 4.04. The number of aromatic nitrogens is 1. The molecule has 1 aromatic carbocycles. The minimum absolute atomic E-state index is 0.304. The molecule has 3 aromatic rings. The van der Waals surface area contributed by atoms with Crippen molar-refractivity contribution in [2.24, 2.45) is 0 Å². The Bertz CT molecular complexity index is 1060. The molecule has 0 unspecified atom stereocenters. The third-order valence-electron chi connectivity index (χ3n) is 3.97. The average molecular weight is 339 g/mol. The van der Waals surface area contributed by atoms with Crippen LogP contribution < -0.4 is 5.32 Å². The van der Waals surface area contributed by atoms with Crippen molar-refractivity contribution in [1.29, 1.82) is 5.26 Å². The molecular formula is C18H17N3O2S. The number of aryl methyl sites for hydroxylation is 1. The van der Waals surface area contributed by atoms with E-state index in [0.29, 0.717) is 17.0 Å². The Labute approximate surface area is 141 Å². The molecule has 0 aliphatic carbocycles. The number of benzene rings is 1. The molecule has 3 rings (SSSR count). The van der Waals surface area contributed by atoms with Gasteiger partial charge in [-0.1, -0.05) is 6.07 Å². The standard InChI is InChI=1S/C18H17N3O2S/c1-13-9-15(24(2,22)23)6-7-17(13)20-11-14-12-21-8-4-3-5-18(21)16(14)10-19/h3-9,12,20H,11H2,1-2H3. The van der Waals surface area contributed by atoms with Crippen LogP contribution in [0.5, 0.6) is 0 Å². The van der Waals surface area contributed by atoms with Crippen molar-refractivity contribution >= 4 is 21.0 Å². The molecule has 2 heterocycles. The van der Waals surface area contributed by atoms with Gasteiger partial charge in [-0.05, 0) is 42.8 Å². The number of pyridine rings is 1. The minimum atomic E-state index is -3.21. The Morgan fingerprint density at radius 2 is 2.04 bits per heavy atom. The van der Waals surface area contributed by atoms with E-state index in [1.54, 1.807) is 18.2 Å². The molecule has 0 atom stereocenters. The van der Waals surface area contributed by atoms with E-state index in [1.165, 1.54) is 6.26 Å². The van der Waals surface area contributed by atoms with Crippen LogP contribution in [0, 0.1) is 18.3 Å². The van der Waals surface area contributed by atoms with Crippen molar-refractivity contribution in [2.45, 2.75) is 18.4 Å². The number of hydrogen-bond donors (Lipinski definition) is 1. The number of nitriles is 1. The Morgan fingerprint density at radius 1 is 1.25 bits per heavy atom. The van der Waals surface area contributed by atoms with Crippen LogP contribution in [0.3, 0.4) is 0 Å². The highest BCUT2D eigenvalue weighted by atomic mass is 32.2. The lowest BCUT2D eigenvalue weighted by Gasteiger charge is -2.10. The zero-order valence-corrected chi connectivity index (χ0v) is 14.3. The number of rotatable bonds is 4. The van der Waals surface area contributed by atoms with Gasteiger partial charge in [0.05, 0.1) is 16.0 Å². The number of nitrogens with one attached hydrogen (secondary N) is 1. The molecule has 6 heteroatoms. The summed E-state index contributed by atoms with van der Waals surface area (Å²) in [6.07, 6.45) is 5.04. The lowest BCUT2D eigenvalue weighted by atomic mass is 10.1. The quantitative estimate of drug-likeness (QED) is 0.792. The van der Waals surface area contributed by atoms with Crippen LogP contribution in [-0.2, 0) is 16.4 Å². The SMILES string of the molecule is Cc1cc(S(C)(=O)=O)ccc1NCc1cn2ccccc2c1C#N. The maximum Gasteiger partial charge on any atom is 0.175 e. The second-order valence-electron chi connectivity index (χ2n) is 5.74. The molecule has 0 fully saturated rings. The molecule has 0 aliphatic heterocycles. The van der Waals surface area contributed by atoms with E-state index in [4.69, 9.17) is 0 Å². The summed E-state index contributed by atoms with van der Waals surface area (Å²) in [6, 6.07) is 13.0. The second-order valence-corrected chi connectivity index (χ2v) is 7.75. The molecule has 2 aromatic heterocycles. The molecule has 0 spiro atoms. The van der Waals surface area contributed by atoms with Crippen LogP contribution >= 0.6 is 0 Å². The first-order valence-corrected chi connectivity index (χ1v) is 9.32. The lowest BCUT2D eigenvalue weighted by Crippen LogP contribution is -2.03. The number of fused-ring (bicyclic) bond motifs is 1. The fourth-order valence-corrected chi connectivity index (χ4v) is 3.40. The van der Waals surface area contributed by atoms with Gasteiger partial charge in [0, 0.05) is 36.4 Å². The Hall–Kier alpha value is -2.78. The van der Waals surface area contributed by atoms with Gasteiger partial charge in [-0.2, -0.15) is 5.26 Å². The predicted octanol–water partition coefficient (Wildman–Crippen LogP) is 3.14. The molecular weight excluding hydrogens is 322 g/mol. The Morgan fingerprint density at radius 3 is 2.71 bits per heavy atom. The van der Waals surface area contributed by atoms with E-state index >= 15 is 0 Å². The van der Waals surface area contributed by atoms with Gasteiger partial charge < -0.3 is 9.72 Å². The first kappa shape index (κ1) is 16.1. The topological polar surface area (TPSA) is 74.4 Å². The molecule has 0 bridgehead atoms. The summed E-state index contributed by atoms with van der Waals surface area (Å²) in [4.78, 5) is 0.304. The van der Waals surface area contributed by atoms with E-state index in [0.717, 1.165) is 22.3 Å². The van der Waals surface area contributed by atoms with E-state index in [2.05, 4.69) is 11.4 Å². The first-order valence-electron chi connectivity index (χ1n) is 7.43. The molecule has 0 saturated heterocycles. The summed E-state index contributed by atoms with van der Waals surface area (Å²) in [7, 11) is -3.21. The van der Waals surface area contributed by atoms with E-state index in [-0.39, 0.29) is 0 Å². The zero-order chi connectivity index (χ0) is 17.3. The van der Waals surface area contributed by atoms with E-state index in [1.807, 2.05) is 41.9 Å². The monoisotopic (exact) mass is 339 g/mol. The highest BCUT2D eigenvalue weighted by Crippen LogP contribution is 2.22. The molecule has 0 amide bonds. The van der Waals surface area contributed by atoms with Gasteiger partial charge in [-0.25, -0.2) is 8.42 Å². The van der Waals surface area contributed by atoms with Crippen LogP contribution in [0.15, 0.2) is 53.7 Å². The summed E-state index contributed by atoms with van der Waals surface area (Å²) >= 11 is 0. The van der Waals surface area contributed by atoms with Crippen LogP contribution in [0.25, 0.3) is 5.52 Å². The number of anilines is 1. The van der Waals surface area contributed by atoms with Gasteiger partial charge in [-0.15, -0.1) is 0 Å². The van der Waals surface area contributed by atoms with Crippen LogP contribution in [-0.4, -0.2) is 19.1 Å². The fourth-order valence-electron chi connectivity index (χ4n) is 2.70. The summed E-state index contributed by atoms with van der Waals surface area (Å²) in [6.45, 7) is 2.35. The third-order valence-corrected chi connectivity index (χ3v) is 5.08. The van der Waals surface area contributed by atoms with Crippen LogP contribution in [0.4, 0.5) is 5.69 Å². The minimum Gasteiger partial charge on any atom is -0.381 e. The average Bonchev–Trinajstić information content (AvgIpc) is 2.90. The maximum absolute atomic E-state index is 11.6. The third kappa shape index (κ3) is 2.99. The largest absolute Gasteiger partial charge is 0.381 e. The van der Waals surface area contributed by atoms with Crippen molar-refractivity contribution in [3.63, 3.8) is 0 Å². The number of nitrogens with zero attached hydrogens (tertiary/aromatic N) is 2. The van der Waals surface area contributed by atoms with Crippen molar-refractivity contribution in [2.75, 3.05) is 11.6 Å². The molecule has 1 N–H and O–H groups in total. The van der Waals surface area contributed by atoms with Crippen molar-refractivity contribution in [1.82, 2.24) is 4.40 Å². The number of hydrogen-bond acceptors (Lipinski definition) is 4. The van der Waals surface area contributed by atoms with Crippen LogP contribution in [0.1, 0.15) is 16.7 Å². The first-order chi connectivity index (χ1) is 11.4. The maximum atomic E-state index is 11.6. The van der Waals surface area contributed by atoms with Crippen molar-refractivity contribution < 1.29 is 8.42 Å². The van der Waals surface area contributed by atoms with Gasteiger partial charge >= 0.3 is 0 Å². The van der Waals surface area contributed by atoms with Gasteiger partial charge in [0.2, 0.25) is 0 Å². The molecule has 0 aliphatic rings. The highest BCUT2D eigenvalue weighted by molar-refractivity contribution is 7.90. The Balaban J connectivity index is 1.88. The van der Waals surface area contributed by atoms with E-state index in [9.17, 15) is 13.7 Å². The van der Waals surface area contributed by atoms with Gasteiger partial charge in [-0.3, -0.25) is 0 Å². The molecule has 5 nitrogen and oxygen atoms in total. The fraction of sp³-hybridized carbons (Fsp3) is 0.167. The predicted molar refractivity (Wildman–Crippen MR) is 93.7 cm³/mol. The van der Waals surface area contributed by atoms with Crippen molar-refractivity contribution in [3.8, 4) is 6.07 Å². The number of sulfone groups is 1. The second kappa shape index (κ2) is 6.02. The zero-order valence-electron chi connectivity index (χ0n) is 13.4. The summed E-state index contributed by atoms with van der Waals surface area (Å²) < 4.78 is 25.1. The van der Waals surface area contributed by atoms with Gasteiger partial charge in [0.25, 0.3) is 0 Å². The van der Waals surface area contributed by atoms with Crippen molar-refractivity contribution in [3.05, 3.63) is 65.5 Å². The highest BCUT2D eigenvalue weighted by Gasteiger charge is 2.12. The molecule has 122 valence electrons. The normalized spacial score (nSPS) is 11.4. The van der Waals surface area contributed by atoms with Gasteiger partial charge in [0.15, 0.2) is 9.84 Å². The molecule has 0 saturated carbocycles. The van der Waals surface area contributed by atoms with Gasteiger partial charge in [0.1, 0.15) is 6.07 Å². The molecule has 24 heavy (non-hydrogen) atoms. The smallest absolute Gasteiger partial charge is 0.175 e.